The monoisotopic (exact) mass is 253 g/mol. The summed E-state index contributed by atoms with van der Waals surface area (Å²) >= 11 is 0. The summed E-state index contributed by atoms with van der Waals surface area (Å²) in [7, 11) is 0. The van der Waals surface area contributed by atoms with Crippen LogP contribution in [-0.4, -0.2) is 33.7 Å². The van der Waals surface area contributed by atoms with Gasteiger partial charge in [-0.2, -0.15) is 0 Å². The molecule has 0 heterocycles. The maximum Gasteiger partial charge on any atom is 0.303 e. The molecule has 0 fully saturated rings. The van der Waals surface area contributed by atoms with Crippen molar-refractivity contribution in [3.63, 3.8) is 0 Å². The minimum Gasteiger partial charge on any atom is -0.508 e. The van der Waals surface area contributed by atoms with Crippen molar-refractivity contribution in [1.82, 2.24) is 5.32 Å². The molecule has 0 aliphatic carbocycles. The van der Waals surface area contributed by atoms with E-state index in [4.69, 9.17) is 10.2 Å². The first-order valence-electron chi connectivity index (χ1n) is 5.45. The molecule has 18 heavy (non-hydrogen) atoms. The van der Waals surface area contributed by atoms with E-state index in [1.807, 2.05) is 0 Å². The van der Waals surface area contributed by atoms with Crippen molar-refractivity contribution in [2.24, 2.45) is 0 Å². The Bertz CT molecular complexity index is 432. The van der Waals surface area contributed by atoms with E-state index in [-0.39, 0.29) is 30.4 Å². The van der Waals surface area contributed by atoms with Crippen LogP contribution in [0.4, 0.5) is 0 Å². The van der Waals surface area contributed by atoms with E-state index in [9.17, 15) is 14.7 Å². The van der Waals surface area contributed by atoms with E-state index in [1.165, 1.54) is 18.2 Å². The van der Waals surface area contributed by atoms with Crippen molar-refractivity contribution in [3.05, 3.63) is 23.8 Å². The molecule has 0 radical (unpaired) electrons. The zero-order valence-corrected chi connectivity index (χ0v) is 9.67. The van der Waals surface area contributed by atoms with E-state index >= 15 is 0 Å². The number of carboxylic acids is 1. The van der Waals surface area contributed by atoms with Crippen molar-refractivity contribution >= 4 is 12.4 Å². The van der Waals surface area contributed by atoms with Gasteiger partial charge in [0.1, 0.15) is 11.5 Å². The molecule has 0 saturated heterocycles. The summed E-state index contributed by atoms with van der Waals surface area (Å²) in [6.07, 6.45) is 1.01. The second-order valence-electron chi connectivity index (χ2n) is 3.93. The maximum absolute atomic E-state index is 10.5. The molecule has 1 aromatic rings. The molecule has 0 bridgehead atoms. The lowest BCUT2D eigenvalue weighted by Gasteiger charge is -2.15. The van der Waals surface area contributed by atoms with E-state index in [2.05, 4.69) is 5.32 Å². The molecular weight excluding hydrogens is 238 g/mol. The molecular formula is C12H15NO5. The number of aromatic hydroxyl groups is 2. The Morgan fingerprint density at radius 1 is 1.39 bits per heavy atom. The minimum atomic E-state index is -0.942. The van der Waals surface area contributed by atoms with Crippen LogP contribution in [0.5, 0.6) is 11.5 Å². The Hall–Kier alpha value is -2.24. The lowest BCUT2D eigenvalue weighted by molar-refractivity contribution is -0.137. The summed E-state index contributed by atoms with van der Waals surface area (Å²) in [6.45, 7) is 0. The largest absolute Gasteiger partial charge is 0.508 e. The predicted molar refractivity (Wildman–Crippen MR) is 63.3 cm³/mol. The quantitative estimate of drug-likeness (QED) is 0.533. The van der Waals surface area contributed by atoms with E-state index < -0.39 is 5.97 Å². The molecule has 1 rings (SSSR count). The van der Waals surface area contributed by atoms with Gasteiger partial charge in [0.2, 0.25) is 6.41 Å². The van der Waals surface area contributed by atoms with Crippen LogP contribution in [0, 0.1) is 0 Å². The molecule has 0 aliphatic heterocycles. The van der Waals surface area contributed by atoms with Gasteiger partial charge in [0.05, 0.1) is 0 Å². The SMILES string of the molecule is O=CNC(CCC(=O)O)Cc1ccc(O)cc1O. The normalized spacial score (nSPS) is 11.8. The Morgan fingerprint density at radius 2 is 2.11 bits per heavy atom. The van der Waals surface area contributed by atoms with Crippen molar-refractivity contribution in [2.45, 2.75) is 25.3 Å². The van der Waals surface area contributed by atoms with Gasteiger partial charge in [-0.25, -0.2) is 0 Å². The molecule has 0 spiro atoms. The number of carbonyl (C=O) groups is 2. The number of aliphatic carboxylic acids is 1. The summed E-state index contributed by atoms with van der Waals surface area (Å²) in [4.78, 5) is 20.9. The molecule has 1 amide bonds. The standard InChI is InChI=1S/C12H15NO5/c14-7-13-9(2-4-12(17)18)5-8-1-3-10(15)6-11(8)16/h1,3,6-7,9,15-16H,2,4-5H2,(H,13,14)(H,17,18). The number of rotatable bonds is 7. The number of benzene rings is 1. The van der Waals surface area contributed by atoms with Gasteiger partial charge in [-0.05, 0) is 24.5 Å². The van der Waals surface area contributed by atoms with Crippen LogP contribution < -0.4 is 5.32 Å². The molecule has 4 N–H and O–H groups in total. The first-order valence-corrected chi connectivity index (χ1v) is 5.45. The molecule has 1 aromatic carbocycles. The molecule has 0 aliphatic rings. The highest BCUT2D eigenvalue weighted by Crippen LogP contribution is 2.24. The van der Waals surface area contributed by atoms with Crippen LogP contribution in [0.25, 0.3) is 0 Å². The van der Waals surface area contributed by atoms with Crippen LogP contribution in [0.3, 0.4) is 0 Å². The molecule has 0 aromatic heterocycles. The van der Waals surface area contributed by atoms with Gasteiger partial charge < -0.3 is 20.6 Å². The number of phenols is 2. The summed E-state index contributed by atoms with van der Waals surface area (Å²) in [6, 6.07) is 3.79. The average molecular weight is 253 g/mol. The average Bonchev–Trinajstić information content (AvgIpc) is 2.29. The van der Waals surface area contributed by atoms with E-state index in [0.29, 0.717) is 18.4 Å². The van der Waals surface area contributed by atoms with Crippen molar-refractivity contribution in [1.29, 1.82) is 0 Å². The topological polar surface area (TPSA) is 107 Å². The predicted octanol–water partition coefficient (Wildman–Crippen LogP) is 0.620. The Balaban J connectivity index is 2.69. The number of carbonyl (C=O) groups excluding carboxylic acids is 1. The van der Waals surface area contributed by atoms with Crippen LogP contribution in [0.2, 0.25) is 0 Å². The molecule has 98 valence electrons. The van der Waals surface area contributed by atoms with E-state index in [1.54, 1.807) is 0 Å². The van der Waals surface area contributed by atoms with Gasteiger partial charge in [-0.3, -0.25) is 9.59 Å². The van der Waals surface area contributed by atoms with Crippen molar-refractivity contribution < 1.29 is 24.9 Å². The third-order valence-corrected chi connectivity index (χ3v) is 2.55. The van der Waals surface area contributed by atoms with Gasteiger partial charge >= 0.3 is 5.97 Å². The third kappa shape index (κ3) is 4.32. The first kappa shape index (κ1) is 13.8. The summed E-state index contributed by atoms with van der Waals surface area (Å²) in [5.74, 6) is -1.08. The third-order valence-electron chi connectivity index (χ3n) is 2.55. The Morgan fingerprint density at radius 3 is 2.67 bits per heavy atom. The van der Waals surface area contributed by atoms with E-state index in [0.717, 1.165) is 0 Å². The highest BCUT2D eigenvalue weighted by atomic mass is 16.4. The number of hydrogen-bond donors (Lipinski definition) is 4. The number of carboxylic acid groups (broad SMARTS) is 1. The number of amides is 1. The highest BCUT2D eigenvalue weighted by Gasteiger charge is 2.13. The first-order chi connectivity index (χ1) is 8.52. The lowest BCUT2D eigenvalue weighted by atomic mass is 10.0. The number of nitrogens with one attached hydrogen (secondary N) is 1. The van der Waals surface area contributed by atoms with Gasteiger partial charge in [0.15, 0.2) is 0 Å². The summed E-state index contributed by atoms with van der Waals surface area (Å²) < 4.78 is 0. The molecule has 6 nitrogen and oxygen atoms in total. The lowest BCUT2D eigenvalue weighted by Crippen LogP contribution is -2.30. The molecule has 1 atom stereocenters. The highest BCUT2D eigenvalue weighted by molar-refractivity contribution is 5.66. The van der Waals surface area contributed by atoms with Gasteiger partial charge in [-0.1, -0.05) is 6.07 Å². The zero-order valence-electron chi connectivity index (χ0n) is 9.67. The zero-order chi connectivity index (χ0) is 13.5. The Labute approximate surface area is 104 Å². The maximum atomic E-state index is 10.5. The summed E-state index contributed by atoms with van der Waals surface area (Å²) in [5, 5.41) is 29.8. The van der Waals surface area contributed by atoms with Crippen molar-refractivity contribution in [2.75, 3.05) is 0 Å². The van der Waals surface area contributed by atoms with Crippen LogP contribution in [-0.2, 0) is 16.0 Å². The fourth-order valence-electron chi connectivity index (χ4n) is 1.63. The second-order valence-corrected chi connectivity index (χ2v) is 3.93. The smallest absolute Gasteiger partial charge is 0.303 e. The molecule has 0 saturated carbocycles. The number of phenolic OH excluding ortho intramolecular Hbond substituents is 2. The van der Waals surface area contributed by atoms with Gasteiger partial charge in [-0.15, -0.1) is 0 Å². The Kier molecular flexibility index (Phi) is 4.98. The van der Waals surface area contributed by atoms with Gasteiger partial charge in [0, 0.05) is 18.5 Å². The number of hydrogen-bond acceptors (Lipinski definition) is 4. The van der Waals surface area contributed by atoms with Crippen LogP contribution in [0.15, 0.2) is 18.2 Å². The fraction of sp³-hybridized carbons (Fsp3) is 0.333. The molecule has 1 unspecified atom stereocenters. The van der Waals surface area contributed by atoms with Crippen LogP contribution >= 0.6 is 0 Å². The fourth-order valence-corrected chi connectivity index (χ4v) is 1.63. The summed E-state index contributed by atoms with van der Waals surface area (Å²) in [5.41, 5.74) is 0.539. The van der Waals surface area contributed by atoms with Gasteiger partial charge in [0.25, 0.3) is 0 Å². The second kappa shape index (κ2) is 6.48. The van der Waals surface area contributed by atoms with Crippen molar-refractivity contribution in [3.8, 4) is 11.5 Å². The minimum absolute atomic E-state index is 0.0540. The molecule has 6 heteroatoms. The van der Waals surface area contributed by atoms with Crippen LogP contribution in [0.1, 0.15) is 18.4 Å².